The lowest BCUT2D eigenvalue weighted by Gasteiger charge is -2.13. The zero-order chi connectivity index (χ0) is 30.1. The first-order valence-corrected chi connectivity index (χ1v) is 14.9. The second kappa shape index (κ2) is 14.7. The Bertz CT molecular complexity index is 1570. The molecule has 4 aromatic rings. The molecule has 0 saturated carbocycles. The van der Waals surface area contributed by atoms with Gasteiger partial charge in [0.1, 0.15) is 5.70 Å². The highest BCUT2D eigenvalue weighted by molar-refractivity contribution is 8.00. The van der Waals surface area contributed by atoms with E-state index in [0.717, 1.165) is 10.6 Å². The average molecular weight is 619 g/mol. The quantitative estimate of drug-likeness (QED) is 0.123. The number of amides is 3. The van der Waals surface area contributed by atoms with Gasteiger partial charge in [0, 0.05) is 37.4 Å². The van der Waals surface area contributed by atoms with Crippen molar-refractivity contribution in [3.8, 4) is 0 Å². The van der Waals surface area contributed by atoms with Gasteiger partial charge in [-0.3, -0.25) is 14.4 Å². The second-order valence-electron chi connectivity index (χ2n) is 9.61. The zero-order valence-corrected chi connectivity index (χ0v) is 25.3. The number of anilines is 2. The lowest BCUT2D eigenvalue weighted by atomic mass is 10.0. The van der Waals surface area contributed by atoms with Crippen molar-refractivity contribution in [1.29, 1.82) is 0 Å². The van der Waals surface area contributed by atoms with Crippen molar-refractivity contribution in [2.45, 2.75) is 24.7 Å². The molecule has 0 fully saturated rings. The molecule has 3 N–H and O–H groups in total. The molecule has 42 heavy (non-hydrogen) atoms. The molecule has 3 amide bonds. The predicted octanol–water partition coefficient (Wildman–Crippen LogP) is 8.26. The first-order chi connectivity index (χ1) is 20.2. The largest absolute Gasteiger partial charge is 0.325 e. The molecule has 4 rings (SSSR count). The summed E-state index contributed by atoms with van der Waals surface area (Å²) < 4.78 is 0. The topological polar surface area (TPSA) is 87.3 Å². The number of nitrogens with one attached hydrogen (secondary N) is 3. The Morgan fingerprint density at radius 1 is 0.762 bits per heavy atom. The van der Waals surface area contributed by atoms with Crippen LogP contribution in [0.25, 0.3) is 6.08 Å². The highest BCUT2D eigenvalue weighted by atomic mass is 35.5. The SMILES string of the molecule is CC(C)c1ccc(NC(=O)CSc2ccc(NC(=O)/C(=C/c3c(Cl)cccc3Cl)NC(=O)c3ccccc3)cc2)cc1. The average Bonchev–Trinajstić information content (AvgIpc) is 2.98. The van der Waals surface area contributed by atoms with Crippen LogP contribution < -0.4 is 16.0 Å². The van der Waals surface area contributed by atoms with Gasteiger partial charge in [-0.25, -0.2) is 0 Å². The van der Waals surface area contributed by atoms with E-state index in [-0.39, 0.29) is 17.4 Å². The maximum absolute atomic E-state index is 13.3. The maximum Gasteiger partial charge on any atom is 0.272 e. The van der Waals surface area contributed by atoms with E-state index in [0.29, 0.717) is 32.8 Å². The van der Waals surface area contributed by atoms with E-state index in [9.17, 15) is 14.4 Å². The normalized spacial score (nSPS) is 11.2. The molecule has 6 nitrogen and oxygen atoms in total. The van der Waals surface area contributed by atoms with Crippen LogP contribution >= 0.6 is 35.0 Å². The van der Waals surface area contributed by atoms with E-state index in [4.69, 9.17) is 23.2 Å². The third-order valence-electron chi connectivity index (χ3n) is 6.16. The van der Waals surface area contributed by atoms with Crippen LogP contribution in [0.2, 0.25) is 10.0 Å². The van der Waals surface area contributed by atoms with Crippen molar-refractivity contribution in [3.05, 3.63) is 129 Å². The van der Waals surface area contributed by atoms with Gasteiger partial charge >= 0.3 is 0 Å². The van der Waals surface area contributed by atoms with Gasteiger partial charge in [0.25, 0.3) is 11.8 Å². The Hall–Kier alpha value is -4.04. The summed E-state index contributed by atoms with van der Waals surface area (Å²) in [5.74, 6) is -0.472. The number of carbonyl (C=O) groups is 3. The molecule has 0 aliphatic rings. The van der Waals surface area contributed by atoms with Crippen molar-refractivity contribution < 1.29 is 14.4 Å². The number of thioether (sulfide) groups is 1. The number of benzene rings is 4. The molecule has 0 heterocycles. The van der Waals surface area contributed by atoms with Crippen molar-refractivity contribution in [2.75, 3.05) is 16.4 Å². The fourth-order valence-electron chi connectivity index (χ4n) is 3.87. The summed E-state index contributed by atoms with van der Waals surface area (Å²) in [6.07, 6.45) is 1.44. The predicted molar refractivity (Wildman–Crippen MR) is 173 cm³/mol. The molecule has 9 heteroatoms. The summed E-state index contributed by atoms with van der Waals surface area (Å²) in [5.41, 5.74) is 3.23. The van der Waals surface area contributed by atoms with Gasteiger partial charge in [0.05, 0.1) is 5.75 Å². The maximum atomic E-state index is 13.3. The molecule has 0 unspecified atom stereocenters. The first-order valence-electron chi connectivity index (χ1n) is 13.2. The van der Waals surface area contributed by atoms with Gasteiger partial charge in [-0.2, -0.15) is 0 Å². The lowest BCUT2D eigenvalue weighted by molar-refractivity contribution is -0.114. The molecule has 0 aliphatic heterocycles. The second-order valence-corrected chi connectivity index (χ2v) is 11.5. The number of hydrogen-bond acceptors (Lipinski definition) is 4. The summed E-state index contributed by atoms with van der Waals surface area (Å²) in [6, 6.07) is 28.4. The number of carbonyl (C=O) groups excluding carboxylic acids is 3. The van der Waals surface area contributed by atoms with Crippen LogP contribution in [0.3, 0.4) is 0 Å². The Morgan fingerprint density at radius 2 is 1.36 bits per heavy atom. The minimum atomic E-state index is -0.557. The fourth-order valence-corrected chi connectivity index (χ4v) is 5.07. The Morgan fingerprint density at radius 3 is 1.98 bits per heavy atom. The van der Waals surface area contributed by atoms with E-state index in [1.54, 1.807) is 60.7 Å². The highest BCUT2D eigenvalue weighted by Crippen LogP contribution is 2.27. The highest BCUT2D eigenvalue weighted by Gasteiger charge is 2.17. The first kappa shape index (κ1) is 30.9. The molecule has 0 aromatic heterocycles. The monoisotopic (exact) mass is 617 g/mol. The Labute approximate surface area is 259 Å². The summed E-state index contributed by atoms with van der Waals surface area (Å²) in [7, 11) is 0. The third kappa shape index (κ3) is 8.73. The standard InChI is InChI=1S/C33H29Cl2N3O3S/c1-21(2)22-11-13-24(14-12-22)36-31(39)20-42-26-17-15-25(16-18-26)37-33(41)30(19-27-28(34)9-6-10-29(27)35)38-32(40)23-7-4-3-5-8-23/h3-19,21H,20H2,1-2H3,(H,36,39)(H,37,41)(H,38,40)/b30-19-. The van der Waals surface area contributed by atoms with Crippen molar-refractivity contribution in [2.24, 2.45) is 0 Å². The molecule has 0 saturated heterocycles. The van der Waals surface area contributed by atoms with Gasteiger partial charge in [-0.1, -0.05) is 73.4 Å². The van der Waals surface area contributed by atoms with Crippen LogP contribution in [0.5, 0.6) is 0 Å². The summed E-state index contributed by atoms with van der Waals surface area (Å²) >= 11 is 14.0. The van der Waals surface area contributed by atoms with Crippen LogP contribution in [0.1, 0.15) is 41.3 Å². The van der Waals surface area contributed by atoms with Gasteiger partial charge in [-0.15, -0.1) is 11.8 Å². The van der Waals surface area contributed by atoms with Crippen LogP contribution in [-0.2, 0) is 9.59 Å². The third-order valence-corrected chi connectivity index (χ3v) is 7.83. The van der Waals surface area contributed by atoms with Crippen molar-refractivity contribution in [1.82, 2.24) is 5.32 Å². The van der Waals surface area contributed by atoms with Gasteiger partial charge in [0.15, 0.2) is 0 Å². The van der Waals surface area contributed by atoms with Crippen LogP contribution in [0.15, 0.2) is 108 Å². The van der Waals surface area contributed by atoms with Gasteiger partial charge in [0.2, 0.25) is 5.91 Å². The molecule has 0 radical (unpaired) electrons. The minimum absolute atomic E-state index is 0.0320. The number of rotatable bonds is 10. The molecule has 0 aliphatic carbocycles. The fraction of sp³-hybridized carbons (Fsp3) is 0.121. The van der Waals surface area contributed by atoms with Crippen LogP contribution in [0.4, 0.5) is 11.4 Å². The number of hydrogen-bond donors (Lipinski definition) is 3. The molecular weight excluding hydrogens is 589 g/mol. The molecular formula is C33H29Cl2N3O3S. The smallest absolute Gasteiger partial charge is 0.272 e. The van der Waals surface area contributed by atoms with Crippen molar-refractivity contribution >= 4 is 70.1 Å². The van der Waals surface area contributed by atoms with E-state index >= 15 is 0 Å². The molecule has 0 atom stereocenters. The number of halogens is 2. The Balaban J connectivity index is 1.41. The summed E-state index contributed by atoms with van der Waals surface area (Å²) in [5, 5.41) is 9.04. The van der Waals surface area contributed by atoms with Crippen LogP contribution in [-0.4, -0.2) is 23.5 Å². The van der Waals surface area contributed by atoms with Gasteiger partial charge < -0.3 is 16.0 Å². The van der Waals surface area contributed by atoms with Gasteiger partial charge in [-0.05, 0) is 78.2 Å². The zero-order valence-electron chi connectivity index (χ0n) is 23.0. The lowest BCUT2D eigenvalue weighted by Crippen LogP contribution is -2.30. The van der Waals surface area contributed by atoms with E-state index < -0.39 is 11.8 Å². The molecule has 4 aromatic carbocycles. The van der Waals surface area contributed by atoms with E-state index in [2.05, 4.69) is 29.8 Å². The molecule has 214 valence electrons. The van der Waals surface area contributed by atoms with E-state index in [1.165, 1.54) is 23.4 Å². The summed E-state index contributed by atoms with van der Waals surface area (Å²) in [4.78, 5) is 39.5. The van der Waals surface area contributed by atoms with Crippen LogP contribution in [0, 0.1) is 0 Å². The van der Waals surface area contributed by atoms with Crippen molar-refractivity contribution in [3.63, 3.8) is 0 Å². The Kier molecular flexibility index (Phi) is 10.8. The summed E-state index contributed by atoms with van der Waals surface area (Å²) in [6.45, 7) is 4.24. The van der Waals surface area contributed by atoms with E-state index in [1.807, 2.05) is 36.4 Å². The molecule has 0 spiro atoms. The molecule has 0 bridgehead atoms. The minimum Gasteiger partial charge on any atom is -0.325 e.